The van der Waals surface area contributed by atoms with Crippen LogP contribution in [0.25, 0.3) is 0 Å². The number of nitrogens with zero attached hydrogens (tertiary/aromatic N) is 1. The SMILES string of the molecule is CCN(CC)c1c(CC[SiH2]CNCCC[Si](C)(OC)OC)c([SiH](C)C)cc(C(C)[Si](C)(OC)OC)c1[SiH](C)C. The fourth-order valence-electron chi connectivity index (χ4n) is 5.63. The summed E-state index contributed by atoms with van der Waals surface area (Å²) >= 11 is 0. The Labute approximate surface area is 249 Å². The summed E-state index contributed by atoms with van der Waals surface area (Å²) in [6.07, 6.45) is 3.56. The summed E-state index contributed by atoms with van der Waals surface area (Å²) in [6.45, 7) is 24.6. The Hall–Kier alpha value is -0.0956. The van der Waals surface area contributed by atoms with Crippen LogP contribution in [0.15, 0.2) is 6.07 Å². The molecule has 0 saturated carbocycles. The zero-order valence-electron chi connectivity index (χ0n) is 27.8. The molecule has 11 heteroatoms. The van der Waals surface area contributed by atoms with Crippen molar-refractivity contribution in [3.63, 3.8) is 0 Å². The normalized spacial score (nSPS) is 13.8. The van der Waals surface area contributed by atoms with Gasteiger partial charge in [-0.05, 0) is 74.9 Å². The average Bonchev–Trinajstić information content (AvgIpc) is 2.93. The first kappa shape index (κ1) is 36.9. The molecule has 6 nitrogen and oxygen atoms in total. The van der Waals surface area contributed by atoms with Crippen molar-refractivity contribution in [3.05, 3.63) is 17.2 Å². The van der Waals surface area contributed by atoms with E-state index in [1.165, 1.54) is 24.2 Å². The molecule has 0 spiro atoms. The zero-order valence-corrected chi connectivity index (χ0v) is 33.5. The monoisotopic (exact) mass is 630 g/mol. The Balaban J connectivity index is 3.28. The van der Waals surface area contributed by atoms with Gasteiger partial charge in [0, 0.05) is 62.3 Å². The van der Waals surface area contributed by atoms with Crippen LogP contribution in [0.3, 0.4) is 0 Å². The van der Waals surface area contributed by atoms with Crippen molar-refractivity contribution < 1.29 is 17.7 Å². The van der Waals surface area contributed by atoms with Crippen LogP contribution in [0, 0.1) is 0 Å². The van der Waals surface area contributed by atoms with Crippen molar-refractivity contribution in [2.45, 2.75) is 90.5 Å². The highest BCUT2D eigenvalue weighted by Crippen LogP contribution is 2.31. The van der Waals surface area contributed by atoms with Crippen molar-refractivity contribution in [1.29, 1.82) is 0 Å². The van der Waals surface area contributed by atoms with E-state index in [9.17, 15) is 0 Å². The van der Waals surface area contributed by atoms with Gasteiger partial charge in [0.25, 0.3) is 0 Å². The first-order chi connectivity index (χ1) is 18.4. The first-order valence-electron chi connectivity index (χ1n) is 15.3. The maximum absolute atomic E-state index is 6.09. The lowest BCUT2D eigenvalue weighted by atomic mass is 10.0. The van der Waals surface area contributed by atoms with Gasteiger partial charge in [-0.1, -0.05) is 50.4 Å². The standard InChI is InChI=1S/C28H62N2O4Si5/c1-14-30(15-2)27-24(17-19-35-22-29-18-16-20-38(12,31-4)32-5)26(36(8)9)21-25(28(27)37(10)11)23(3)39(13,33-6)34-7/h21,23,29,36-37H,14-20,22,35H2,1-13H3. The molecular weight excluding hydrogens is 569 g/mol. The molecule has 0 bridgehead atoms. The molecule has 0 radical (unpaired) electrons. The maximum Gasteiger partial charge on any atom is 0.341 e. The van der Waals surface area contributed by atoms with Crippen molar-refractivity contribution in [1.82, 2.24) is 5.32 Å². The topological polar surface area (TPSA) is 52.2 Å². The second-order valence-corrected chi connectivity index (χ2v) is 26.8. The van der Waals surface area contributed by atoms with E-state index in [-0.39, 0.29) is 9.52 Å². The summed E-state index contributed by atoms with van der Waals surface area (Å²) in [5.74, 6) is 0. The lowest BCUT2D eigenvalue weighted by Gasteiger charge is -2.37. The first-order valence-corrected chi connectivity index (χ1v) is 27.9. The van der Waals surface area contributed by atoms with Gasteiger partial charge in [-0.15, -0.1) is 0 Å². The van der Waals surface area contributed by atoms with E-state index in [1.807, 2.05) is 14.2 Å². The van der Waals surface area contributed by atoms with Gasteiger partial charge in [-0.25, -0.2) is 0 Å². The van der Waals surface area contributed by atoms with Crippen LogP contribution < -0.4 is 20.6 Å². The number of nitrogens with one attached hydrogen (secondary N) is 1. The average molecular weight is 631 g/mol. The van der Waals surface area contributed by atoms with Crippen LogP contribution in [-0.4, -0.2) is 98.5 Å². The highest BCUT2D eigenvalue weighted by molar-refractivity contribution is 6.76. The molecule has 0 amide bonds. The number of benzene rings is 1. The van der Waals surface area contributed by atoms with Crippen molar-refractivity contribution in [2.75, 3.05) is 59.1 Å². The van der Waals surface area contributed by atoms with Crippen LogP contribution in [0.2, 0.25) is 51.4 Å². The second kappa shape index (κ2) is 17.8. The third-order valence-electron chi connectivity index (χ3n) is 8.73. The molecule has 0 aromatic heterocycles. The lowest BCUT2D eigenvalue weighted by Crippen LogP contribution is -2.48. The molecular formula is C28H62N2O4Si5. The maximum atomic E-state index is 6.09. The fraction of sp³-hybridized carbons (Fsp3) is 0.786. The van der Waals surface area contributed by atoms with Gasteiger partial charge >= 0.3 is 17.1 Å². The molecule has 1 aromatic carbocycles. The Morgan fingerprint density at radius 3 is 2.00 bits per heavy atom. The Morgan fingerprint density at radius 2 is 1.54 bits per heavy atom. The molecule has 1 rings (SSSR count). The molecule has 39 heavy (non-hydrogen) atoms. The van der Waals surface area contributed by atoms with E-state index in [0.717, 1.165) is 32.1 Å². The van der Waals surface area contributed by atoms with Gasteiger partial charge in [0.15, 0.2) is 0 Å². The Kier molecular flexibility index (Phi) is 16.8. The van der Waals surface area contributed by atoms with E-state index in [1.54, 1.807) is 35.8 Å². The van der Waals surface area contributed by atoms with E-state index >= 15 is 0 Å². The summed E-state index contributed by atoms with van der Waals surface area (Å²) < 4.78 is 23.4. The third-order valence-corrected chi connectivity index (χ3v) is 20.3. The number of hydrogen-bond donors (Lipinski definition) is 1. The minimum absolute atomic E-state index is 0.173. The summed E-state index contributed by atoms with van der Waals surface area (Å²) in [7, 11) is 0.616. The summed E-state index contributed by atoms with van der Waals surface area (Å²) in [5.41, 5.74) is 5.10. The molecule has 0 aliphatic carbocycles. The van der Waals surface area contributed by atoms with Gasteiger partial charge in [-0.3, -0.25) is 0 Å². The highest BCUT2D eigenvalue weighted by atomic mass is 28.4. The highest BCUT2D eigenvalue weighted by Gasteiger charge is 2.40. The predicted octanol–water partition coefficient (Wildman–Crippen LogP) is 3.36. The van der Waals surface area contributed by atoms with Gasteiger partial charge in [-0.2, -0.15) is 0 Å². The molecule has 1 aromatic rings. The summed E-state index contributed by atoms with van der Waals surface area (Å²) in [5, 5.41) is 7.06. The summed E-state index contributed by atoms with van der Waals surface area (Å²) in [6, 6.07) is 5.03. The van der Waals surface area contributed by atoms with Crippen molar-refractivity contribution in [2.24, 2.45) is 0 Å². The van der Waals surface area contributed by atoms with Gasteiger partial charge < -0.3 is 27.9 Å². The molecule has 1 N–H and O–H groups in total. The Morgan fingerprint density at radius 1 is 0.949 bits per heavy atom. The lowest BCUT2D eigenvalue weighted by molar-refractivity contribution is 0.240. The van der Waals surface area contributed by atoms with E-state index < -0.39 is 34.7 Å². The molecule has 1 unspecified atom stereocenters. The van der Waals surface area contributed by atoms with Crippen LogP contribution in [0.4, 0.5) is 5.69 Å². The number of anilines is 1. The minimum atomic E-state index is -2.33. The van der Waals surface area contributed by atoms with Gasteiger partial charge in [0.2, 0.25) is 0 Å². The molecule has 0 saturated heterocycles. The van der Waals surface area contributed by atoms with Crippen LogP contribution >= 0.6 is 0 Å². The third kappa shape index (κ3) is 10.00. The number of hydrogen-bond acceptors (Lipinski definition) is 6. The van der Waals surface area contributed by atoms with E-state index in [4.69, 9.17) is 17.7 Å². The zero-order chi connectivity index (χ0) is 29.8. The van der Waals surface area contributed by atoms with Crippen molar-refractivity contribution >= 4 is 60.3 Å². The van der Waals surface area contributed by atoms with E-state index in [2.05, 4.69) is 76.3 Å². The van der Waals surface area contributed by atoms with E-state index in [0.29, 0.717) is 5.54 Å². The fourth-order valence-corrected chi connectivity index (χ4v) is 13.6. The molecule has 0 aliphatic rings. The quantitative estimate of drug-likeness (QED) is 0.176. The summed E-state index contributed by atoms with van der Waals surface area (Å²) in [4.78, 5) is 2.67. The van der Waals surface area contributed by atoms with Gasteiger partial charge in [0.05, 0.1) is 17.6 Å². The Bertz CT molecular complexity index is 848. The largest absolute Gasteiger partial charge is 0.398 e. The molecule has 0 heterocycles. The van der Waals surface area contributed by atoms with Crippen molar-refractivity contribution in [3.8, 4) is 0 Å². The molecule has 0 fully saturated rings. The second-order valence-electron chi connectivity index (χ2n) is 11.8. The van der Waals surface area contributed by atoms with Crippen LogP contribution in [0.1, 0.15) is 43.9 Å². The van der Waals surface area contributed by atoms with Crippen LogP contribution in [0.5, 0.6) is 0 Å². The minimum Gasteiger partial charge on any atom is -0.398 e. The smallest absolute Gasteiger partial charge is 0.341 e. The molecule has 0 aliphatic heterocycles. The predicted molar refractivity (Wildman–Crippen MR) is 186 cm³/mol. The molecule has 228 valence electrons. The van der Waals surface area contributed by atoms with Crippen LogP contribution in [-0.2, 0) is 24.1 Å². The molecule has 1 atom stereocenters. The van der Waals surface area contributed by atoms with Gasteiger partial charge in [0.1, 0.15) is 0 Å². The number of rotatable bonds is 20.